The molecule has 0 spiro atoms. The topological polar surface area (TPSA) is 25.4 Å². The van der Waals surface area contributed by atoms with Crippen molar-refractivity contribution in [1.29, 1.82) is 0 Å². The average molecular weight is 220 g/mol. The second-order valence-electron chi connectivity index (χ2n) is 4.62. The summed E-state index contributed by atoms with van der Waals surface area (Å²) in [4.78, 5) is 10.3. The summed E-state index contributed by atoms with van der Waals surface area (Å²) in [6, 6.07) is 6.16. The number of hydroxylamine groups is 2. The van der Waals surface area contributed by atoms with E-state index in [1.807, 2.05) is 11.1 Å². The van der Waals surface area contributed by atoms with Crippen LogP contribution in [0.2, 0.25) is 0 Å². The van der Waals surface area contributed by atoms with Crippen molar-refractivity contribution in [2.45, 2.75) is 39.2 Å². The van der Waals surface area contributed by atoms with Crippen molar-refractivity contribution in [3.8, 4) is 0 Å². The lowest BCUT2D eigenvalue weighted by atomic mass is 10.1. The minimum absolute atomic E-state index is 0.478. The second-order valence-corrected chi connectivity index (χ2v) is 4.62. The van der Waals surface area contributed by atoms with Gasteiger partial charge < -0.3 is 0 Å². The summed E-state index contributed by atoms with van der Waals surface area (Å²) in [7, 11) is 0. The van der Waals surface area contributed by atoms with Crippen LogP contribution in [-0.2, 0) is 11.4 Å². The summed E-state index contributed by atoms with van der Waals surface area (Å²) >= 11 is 0. The molecule has 1 saturated heterocycles. The van der Waals surface area contributed by atoms with Gasteiger partial charge in [-0.1, -0.05) is 19.9 Å². The molecule has 0 bridgehead atoms. The summed E-state index contributed by atoms with van der Waals surface area (Å²) in [5.74, 6) is 0.478. The third-order valence-corrected chi connectivity index (χ3v) is 2.88. The molecule has 0 saturated carbocycles. The first-order valence-electron chi connectivity index (χ1n) is 6.09. The van der Waals surface area contributed by atoms with Crippen LogP contribution in [-0.4, -0.2) is 23.1 Å². The summed E-state index contributed by atoms with van der Waals surface area (Å²) in [6.45, 7) is 7.04. The molecular weight excluding hydrogens is 200 g/mol. The molecule has 1 fully saturated rings. The van der Waals surface area contributed by atoms with E-state index in [1.165, 1.54) is 12.8 Å². The molecule has 0 N–H and O–H groups in total. The van der Waals surface area contributed by atoms with Gasteiger partial charge in [0.15, 0.2) is 0 Å². The molecule has 0 amide bonds. The van der Waals surface area contributed by atoms with E-state index in [4.69, 9.17) is 4.84 Å². The fourth-order valence-corrected chi connectivity index (χ4v) is 1.87. The molecule has 3 nitrogen and oxygen atoms in total. The van der Waals surface area contributed by atoms with Gasteiger partial charge in [-0.25, -0.2) is 0 Å². The first-order chi connectivity index (χ1) is 7.75. The number of pyridine rings is 1. The fourth-order valence-electron chi connectivity index (χ4n) is 1.87. The van der Waals surface area contributed by atoms with E-state index in [0.717, 1.165) is 24.5 Å². The summed E-state index contributed by atoms with van der Waals surface area (Å²) in [5.41, 5.74) is 2.17. The van der Waals surface area contributed by atoms with Gasteiger partial charge in [0.2, 0.25) is 0 Å². The van der Waals surface area contributed by atoms with Crippen LogP contribution >= 0.6 is 0 Å². The van der Waals surface area contributed by atoms with Crippen LogP contribution in [0.3, 0.4) is 0 Å². The maximum Gasteiger partial charge on any atom is 0.111 e. The Balaban J connectivity index is 1.90. The van der Waals surface area contributed by atoms with Crippen LogP contribution in [0.5, 0.6) is 0 Å². The fraction of sp³-hybridized carbons (Fsp3) is 0.615. The Bertz CT molecular complexity index is 332. The molecular formula is C13H20N2O. The molecule has 0 aliphatic carbocycles. The summed E-state index contributed by atoms with van der Waals surface area (Å²) < 4.78 is 0. The quantitative estimate of drug-likeness (QED) is 0.780. The maximum absolute atomic E-state index is 5.69. The Hall–Kier alpha value is -0.930. The zero-order valence-electron chi connectivity index (χ0n) is 10.1. The highest BCUT2D eigenvalue weighted by Crippen LogP contribution is 2.13. The van der Waals surface area contributed by atoms with E-state index in [9.17, 15) is 0 Å². The van der Waals surface area contributed by atoms with Crippen molar-refractivity contribution in [3.05, 3.63) is 29.6 Å². The molecule has 0 atom stereocenters. The van der Waals surface area contributed by atoms with Gasteiger partial charge in [0.1, 0.15) is 6.61 Å². The minimum Gasteiger partial charge on any atom is -0.293 e. The lowest BCUT2D eigenvalue weighted by Gasteiger charge is -2.14. The standard InChI is InChI=1S/C13H20N2O/c1-11(2)13-7-5-6-12(14-13)10-16-15-8-3-4-9-15/h5-7,11H,3-4,8-10H2,1-2H3. The molecule has 3 heteroatoms. The van der Waals surface area contributed by atoms with Crippen LogP contribution < -0.4 is 0 Å². The number of nitrogens with zero attached hydrogens (tertiary/aromatic N) is 2. The van der Waals surface area contributed by atoms with Gasteiger partial charge in [-0.2, -0.15) is 5.06 Å². The molecule has 1 aromatic rings. The van der Waals surface area contributed by atoms with Gasteiger partial charge in [-0.3, -0.25) is 9.82 Å². The van der Waals surface area contributed by atoms with E-state index in [0.29, 0.717) is 12.5 Å². The van der Waals surface area contributed by atoms with E-state index < -0.39 is 0 Å². The van der Waals surface area contributed by atoms with Gasteiger partial charge >= 0.3 is 0 Å². The second kappa shape index (κ2) is 5.41. The normalized spacial score (nSPS) is 17.2. The monoisotopic (exact) mass is 220 g/mol. The lowest BCUT2D eigenvalue weighted by molar-refractivity contribution is -0.154. The predicted molar refractivity (Wildman–Crippen MR) is 63.9 cm³/mol. The zero-order valence-corrected chi connectivity index (χ0v) is 10.1. The van der Waals surface area contributed by atoms with Crippen LogP contribution in [0.25, 0.3) is 0 Å². The number of hydrogen-bond acceptors (Lipinski definition) is 3. The van der Waals surface area contributed by atoms with Crippen molar-refractivity contribution in [2.75, 3.05) is 13.1 Å². The highest BCUT2D eigenvalue weighted by molar-refractivity contribution is 5.13. The largest absolute Gasteiger partial charge is 0.293 e. The summed E-state index contributed by atoms with van der Waals surface area (Å²) in [5, 5.41) is 2.05. The molecule has 0 unspecified atom stereocenters. The van der Waals surface area contributed by atoms with Crippen molar-refractivity contribution in [1.82, 2.24) is 10.0 Å². The van der Waals surface area contributed by atoms with E-state index in [-0.39, 0.29) is 0 Å². The molecule has 2 heterocycles. The summed E-state index contributed by atoms with van der Waals surface area (Å²) in [6.07, 6.45) is 2.50. The molecule has 1 aliphatic heterocycles. The van der Waals surface area contributed by atoms with Crippen molar-refractivity contribution in [3.63, 3.8) is 0 Å². The Kier molecular flexibility index (Phi) is 3.91. The predicted octanol–water partition coefficient (Wildman–Crippen LogP) is 2.73. The number of aromatic nitrogens is 1. The smallest absolute Gasteiger partial charge is 0.111 e. The van der Waals surface area contributed by atoms with Crippen molar-refractivity contribution >= 4 is 0 Å². The molecule has 1 aromatic heterocycles. The Morgan fingerprint density at radius 1 is 1.31 bits per heavy atom. The van der Waals surface area contributed by atoms with Crippen molar-refractivity contribution < 1.29 is 4.84 Å². The molecule has 0 radical (unpaired) electrons. The van der Waals surface area contributed by atoms with Crippen LogP contribution in [0.15, 0.2) is 18.2 Å². The highest BCUT2D eigenvalue weighted by Gasteiger charge is 2.12. The molecule has 1 aliphatic rings. The molecule has 2 rings (SSSR count). The van der Waals surface area contributed by atoms with E-state index in [2.05, 4.69) is 31.0 Å². The van der Waals surface area contributed by atoms with Gasteiger partial charge in [0.05, 0.1) is 5.69 Å². The zero-order chi connectivity index (χ0) is 11.4. The van der Waals surface area contributed by atoms with Gasteiger partial charge in [0, 0.05) is 18.8 Å². The van der Waals surface area contributed by atoms with Gasteiger partial charge in [0.25, 0.3) is 0 Å². The molecule has 16 heavy (non-hydrogen) atoms. The molecule has 88 valence electrons. The average Bonchev–Trinajstić information content (AvgIpc) is 2.79. The minimum atomic E-state index is 0.478. The first kappa shape index (κ1) is 11.6. The Morgan fingerprint density at radius 3 is 2.75 bits per heavy atom. The maximum atomic E-state index is 5.69. The number of hydrogen-bond donors (Lipinski definition) is 0. The van der Waals surface area contributed by atoms with Gasteiger partial charge in [-0.05, 0) is 30.9 Å². The SMILES string of the molecule is CC(C)c1cccc(CON2CCCC2)n1. The van der Waals surface area contributed by atoms with Crippen LogP contribution in [0.4, 0.5) is 0 Å². The lowest BCUT2D eigenvalue weighted by Crippen LogP contribution is -2.19. The van der Waals surface area contributed by atoms with Crippen LogP contribution in [0, 0.1) is 0 Å². The van der Waals surface area contributed by atoms with Crippen LogP contribution in [0.1, 0.15) is 44.0 Å². The Labute approximate surface area is 97.4 Å². The molecule has 0 aromatic carbocycles. The first-order valence-corrected chi connectivity index (χ1v) is 6.09. The van der Waals surface area contributed by atoms with Crippen molar-refractivity contribution in [2.24, 2.45) is 0 Å². The Morgan fingerprint density at radius 2 is 2.06 bits per heavy atom. The third kappa shape index (κ3) is 3.03. The van der Waals surface area contributed by atoms with Gasteiger partial charge in [-0.15, -0.1) is 0 Å². The third-order valence-electron chi connectivity index (χ3n) is 2.88. The highest BCUT2D eigenvalue weighted by atomic mass is 16.7. The van der Waals surface area contributed by atoms with E-state index in [1.54, 1.807) is 0 Å². The van der Waals surface area contributed by atoms with E-state index >= 15 is 0 Å². The number of rotatable bonds is 4.